The maximum atomic E-state index is 9.38. The summed E-state index contributed by atoms with van der Waals surface area (Å²) in [6, 6.07) is 8.34. The van der Waals surface area contributed by atoms with Gasteiger partial charge in [0.2, 0.25) is 0 Å². The summed E-state index contributed by atoms with van der Waals surface area (Å²) in [5.74, 6) is 0. The van der Waals surface area contributed by atoms with Crippen LogP contribution in [0.5, 0.6) is 0 Å². The van der Waals surface area contributed by atoms with Gasteiger partial charge in [0.1, 0.15) is 0 Å². The van der Waals surface area contributed by atoms with Crippen molar-refractivity contribution >= 4 is 32.9 Å². The van der Waals surface area contributed by atoms with Crippen LogP contribution in [0, 0.1) is 0 Å². The fourth-order valence-electron chi connectivity index (χ4n) is 1.78. The van der Waals surface area contributed by atoms with E-state index >= 15 is 0 Å². The topological polar surface area (TPSA) is 75.6 Å². The Balaban J connectivity index is 0.000000312. The van der Waals surface area contributed by atoms with Gasteiger partial charge in [0.15, 0.2) is 0 Å². The van der Waals surface area contributed by atoms with Crippen LogP contribution in [-0.2, 0) is 11.3 Å². The van der Waals surface area contributed by atoms with Crippen molar-refractivity contribution in [2.24, 2.45) is 0 Å². The third-order valence-corrected chi connectivity index (χ3v) is 3.68. The first kappa shape index (κ1) is 16.6. The van der Waals surface area contributed by atoms with Gasteiger partial charge in [-0.2, -0.15) is 0 Å². The monoisotopic (exact) mass is 349 g/mol. The first-order valence-corrected chi connectivity index (χ1v) is 7.85. The molecule has 1 atom stereocenters. The minimum absolute atomic E-state index is 0.0956. The van der Waals surface area contributed by atoms with E-state index in [1.54, 1.807) is 0 Å². The van der Waals surface area contributed by atoms with Gasteiger partial charge in [-0.3, -0.25) is 8.93 Å². The number of piperidine rings is 1. The number of hydrogen-bond acceptors (Lipinski definition) is 4. The summed E-state index contributed by atoms with van der Waals surface area (Å²) in [7, 11) is 1.34. The molecule has 1 aromatic carbocycles. The second kappa shape index (κ2) is 8.65. The summed E-state index contributed by atoms with van der Waals surface area (Å²) >= 11 is 1.35. The first-order chi connectivity index (χ1) is 9.02. The Labute approximate surface area is 124 Å². The van der Waals surface area contributed by atoms with Crippen LogP contribution in [0.25, 0.3) is 0 Å². The van der Waals surface area contributed by atoms with Gasteiger partial charge in [0, 0.05) is 34.5 Å². The zero-order valence-corrected chi connectivity index (χ0v) is 13.1. The molecule has 108 valence electrons. The van der Waals surface area contributed by atoms with Crippen LogP contribution in [0.1, 0.15) is 12.8 Å². The highest BCUT2D eigenvalue weighted by Crippen LogP contribution is 2.21. The van der Waals surface area contributed by atoms with E-state index in [0.717, 1.165) is 30.4 Å². The molecule has 1 heterocycles. The van der Waals surface area contributed by atoms with Crippen LogP contribution >= 0.6 is 15.9 Å². The van der Waals surface area contributed by atoms with E-state index in [4.69, 9.17) is 0 Å². The minimum Gasteiger partial charge on any atom is -0.760 e. The maximum absolute atomic E-state index is 9.38. The van der Waals surface area contributed by atoms with Crippen molar-refractivity contribution in [3.05, 3.63) is 28.7 Å². The number of halogens is 1. The van der Waals surface area contributed by atoms with Crippen LogP contribution in [0.15, 0.2) is 28.7 Å². The molecule has 1 aliphatic heterocycles. The number of nitrogens with one attached hydrogen (secondary N) is 1. The molecular formula is C12H18BrN2O3S-. The fourth-order valence-corrected chi connectivity index (χ4v) is 2.04. The Morgan fingerprint density at radius 3 is 2.26 bits per heavy atom. The smallest absolute Gasteiger partial charge is 0.0574 e. The van der Waals surface area contributed by atoms with Gasteiger partial charge in [-0.1, -0.05) is 15.9 Å². The second-order valence-corrected chi connectivity index (χ2v) is 5.93. The largest absolute Gasteiger partial charge is 0.760 e. The Kier molecular flexibility index (Phi) is 7.55. The summed E-state index contributed by atoms with van der Waals surface area (Å²) in [4.78, 5) is 2.32. The number of nitrogens with zero attached hydrogens (tertiary/aromatic N) is 1. The van der Waals surface area contributed by atoms with Gasteiger partial charge in [0.25, 0.3) is 0 Å². The zero-order valence-electron chi connectivity index (χ0n) is 10.7. The third kappa shape index (κ3) is 6.49. The highest BCUT2D eigenvalue weighted by molar-refractivity contribution is 9.10. The average molecular weight is 350 g/mol. The molecule has 1 fully saturated rings. The number of hydrogen-bond donors (Lipinski definition) is 2. The second-order valence-electron chi connectivity index (χ2n) is 4.13. The predicted molar refractivity (Wildman–Crippen MR) is 79.6 cm³/mol. The van der Waals surface area contributed by atoms with E-state index in [-0.39, 0.29) is 6.10 Å². The van der Waals surface area contributed by atoms with E-state index in [0.29, 0.717) is 0 Å². The van der Waals surface area contributed by atoms with Crippen molar-refractivity contribution in [2.75, 3.05) is 25.0 Å². The number of aliphatic hydroxyl groups is 1. The van der Waals surface area contributed by atoms with Gasteiger partial charge in [-0.15, -0.1) is 0 Å². The molecule has 0 radical (unpaired) electrons. The first-order valence-electron chi connectivity index (χ1n) is 5.98. The molecular weight excluding hydrogens is 332 g/mol. The molecule has 1 saturated heterocycles. The summed E-state index contributed by atoms with van der Waals surface area (Å²) in [5, 5.41) is 9.38. The normalized spacial score (nSPS) is 17.6. The SMILES string of the molecule is CNS(=O)[O-].OC1CCN(c2ccc(Br)cc2)CC1. The standard InChI is InChI=1S/C11H14BrNO.CH5NO2S/c12-9-1-3-10(4-2-9)13-7-5-11(14)6-8-13;1-2-5(3)4/h1-4,11,14H,5-8H2;2H,1H3,(H,3,4)/p-1. The predicted octanol–water partition coefficient (Wildman–Crippen LogP) is 1.41. The number of anilines is 1. The lowest BCUT2D eigenvalue weighted by atomic mass is 10.1. The van der Waals surface area contributed by atoms with Gasteiger partial charge in [0.05, 0.1) is 6.10 Å². The van der Waals surface area contributed by atoms with Crippen molar-refractivity contribution in [3.8, 4) is 0 Å². The molecule has 1 aliphatic rings. The van der Waals surface area contributed by atoms with E-state index in [1.165, 1.54) is 12.7 Å². The van der Waals surface area contributed by atoms with E-state index < -0.39 is 11.3 Å². The molecule has 0 amide bonds. The zero-order chi connectivity index (χ0) is 14.3. The number of benzene rings is 1. The molecule has 2 N–H and O–H groups in total. The molecule has 0 aromatic heterocycles. The van der Waals surface area contributed by atoms with Crippen LogP contribution in [0.3, 0.4) is 0 Å². The lowest BCUT2D eigenvalue weighted by Crippen LogP contribution is -2.35. The molecule has 7 heteroatoms. The molecule has 1 unspecified atom stereocenters. The average Bonchev–Trinajstić information content (AvgIpc) is 2.41. The van der Waals surface area contributed by atoms with Crippen molar-refractivity contribution in [1.29, 1.82) is 0 Å². The van der Waals surface area contributed by atoms with Crippen molar-refractivity contribution in [1.82, 2.24) is 4.72 Å². The van der Waals surface area contributed by atoms with Crippen molar-refractivity contribution in [2.45, 2.75) is 18.9 Å². The number of rotatable bonds is 2. The summed E-state index contributed by atoms with van der Waals surface area (Å²) in [6.07, 6.45) is 1.67. The summed E-state index contributed by atoms with van der Waals surface area (Å²) in [6.45, 7) is 1.92. The van der Waals surface area contributed by atoms with E-state index in [9.17, 15) is 13.9 Å². The highest BCUT2D eigenvalue weighted by atomic mass is 79.9. The van der Waals surface area contributed by atoms with Gasteiger partial charge in [-0.05, 0) is 44.2 Å². The van der Waals surface area contributed by atoms with Crippen molar-refractivity contribution in [3.63, 3.8) is 0 Å². The Bertz CT molecular complexity index is 394. The van der Waals surface area contributed by atoms with Crippen LogP contribution < -0.4 is 9.62 Å². The molecule has 0 saturated carbocycles. The van der Waals surface area contributed by atoms with Crippen LogP contribution in [0.2, 0.25) is 0 Å². The molecule has 19 heavy (non-hydrogen) atoms. The highest BCUT2D eigenvalue weighted by Gasteiger charge is 2.16. The quantitative estimate of drug-likeness (QED) is 0.791. The van der Waals surface area contributed by atoms with Crippen molar-refractivity contribution < 1.29 is 13.9 Å². The Hall–Kier alpha value is -0.470. The van der Waals surface area contributed by atoms with E-state index in [1.807, 2.05) is 4.72 Å². The third-order valence-electron chi connectivity index (χ3n) is 2.82. The Morgan fingerprint density at radius 2 is 1.84 bits per heavy atom. The van der Waals surface area contributed by atoms with Crippen LogP contribution in [-0.4, -0.2) is 40.1 Å². The van der Waals surface area contributed by atoms with Gasteiger partial charge in [-0.25, -0.2) is 0 Å². The molecule has 0 spiro atoms. The summed E-state index contributed by atoms with van der Waals surface area (Å²) < 4.78 is 21.6. The molecule has 1 aromatic rings. The molecule has 2 rings (SSSR count). The molecule has 0 aliphatic carbocycles. The minimum atomic E-state index is -2.07. The molecule has 0 bridgehead atoms. The molecule has 5 nitrogen and oxygen atoms in total. The Morgan fingerprint density at radius 1 is 1.37 bits per heavy atom. The van der Waals surface area contributed by atoms with Gasteiger partial charge < -0.3 is 14.6 Å². The van der Waals surface area contributed by atoms with Gasteiger partial charge >= 0.3 is 0 Å². The maximum Gasteiger partial charge on any atom is 0.0574 e. The lowest BCUT2D eigenvalue weighted by Gasteiger charge is -2.31. The van der Waals surface area contributed by atoms with Crippen LogP contribution in [0.4, 0.5) is 5.69 Å². The lowest BCUT2D eigenvalue weighted by molar-refractivity contribution is 0.145. The fraction of sp³-hybridized carbons (Fsp3) is 0.500. The summed E-state index contributed by atoms with van der Waals surface area (Å²) in [5.41, 5.74) is 1.25. The van der Waals surface area contributed by atoms with E-state index in [2.05, 4.69) is 45.1 Å². The number of aliphatic hydroxyl groups excluding tert-OH is 1.